The van der Waals surface area contributed by atoms with Crippen molar-refractivity contribution >= 4 is 24.0 Å². The number of hydrazone groups is 1. The van der Waals surface area contributed by atoms with Crippen molar-refractivity contribution in [3.05, 3.63) is 35.4 Å². The molecule has 0 aromatic heterocycles. The fourth-order valence-electron chi connectivity index (χ4n) is 1.41. The summed E-state index contributed by atoms with van der Waals surface area (Å²) in [4.78, 5) is 33.9. The first-order chi connectivity index (χ1) is 9.95. The smallest absolute Gasteiger partial charge is 0.336 e. The molecule has 0 bridgehead atoms. The average molecular weight is 291 g/mol. The molecule has 21 heavy (non-hydrogen) atoms. The molecule has 0 unspecified atom stereocenters. The summed E-state index contributed by atoms with van der Waals surface area (Å²) in [7, 11) is 0. The number of hydrogen-bond donors (Lipinski definition) is 3. The first-order valence-corrected chi connectivity index (χ1v) is 6.42. The predicted molar refractivity (Wildman–Crippen MR) is 77.0 cm³/mol. The first kappa shape index (κ1) is 16.4. The molecule has 0 aliphatic rings. The van der Waals surface area contributed by atoms with Crippen LogP contribution in [0.15, 0.2) is 29.4 Å². The van der Waals surface area contributed by atoms with Crippen LogP contribution in [-0.4, -0.2) is 35.1 Å². The molecule has 7 nitrogen and oxygen atoms in total. The van der Waals surface area contributed by atoms with Gasteiger partial charge in [0, 0.05) is 11.6 Å². The Labute approximate surface area is 122 Å². The van der Waals surface area contributed by atoms with Crippen molar-refractivity contribution in [1.29, 1.82) is 0 Å². The number of benzene rings is 1. The minimum Gasteiger partial charge on any atom is -0.478 e. The zero-order valence-corrected chi connectivity index (χ0v) is 11.8. The van der Waals surface area contributed by atoms with Crippen molar-refractivity contribution in [3.8, 4) is 0 Å². The van der Waals surface area contributed by atoms with Crippen molar-refractivity contribution < 1.29 is 19.5 Å². The standard InChI is InChI=1S/C14H17N3O4/c1-3-9(2)16-12(18)13(19)17-15-8-10-6-4-5-7-11(10)14(20)21/h4-9H,3H2,1-2H3,(H,16,18)(H,17,19)(H,20,21)/b15-8-/t9-/m0/s1. The Morgan fingerprint density at radius 3 is 2.57 bits per heavy atom. The van der Waals surface area contributed by atoms with Gasteiger partial charge in [-0.3, -0.25) is 9.59 Å². The molecule has 0 saturated carbocycles. The van der Waals surface area contributed by atoms with Crippen molar-refractivity contribution in [2.24, 2.45) is 5.10 Å². The van der Waals surface area contributed by atoms with E-state index in [4.69, 9.17) is 5.11 Å². The molecule has 1 rings (SSSR count). The fourth-order valence-corrected chi connectivity index (χ4v) is 1.41. The first-order valence-electron chi connectivity index (χ1n) is 6.42. The number of rotatable bonds is 5. The lowest BCUT2D eigenvalue weighted by atomic mass is 10.1. The van der Waals surface area contributed by atoms with Gasteiger partial charge in [0.2, 0.25) is 0 Å². The molecule has 1 aromatic rings. The number of carboxylic acids is 1. The van der Waals surface area contributed by atoms with E-state index in [0.717, 1.165) is 0 Å². The highest BCUT2D eigenvalue weighted by atomic mass is 16.4. The second kappa shape index (κ2) is 7.78. The Hall–Kier alpha value is -2.70. The van der Waals surface area contributed by atoms with Crippen LogP contribution in [0.1, 0.15) is 36.2 Å². The molecule has 0 aliphatic heterocycles. The summed E-state index contributed by atoms with van der Waals surface area (Å²) in [5.41, 5.74) is 2.43. The van der Waals surface area contributed by atoms with Crippen LogP contribution < -0.4 is 10.7 Å². The number of aromatic carboxylic acids is 1. The van der Waals surface area contributed by atoms with E-state index in [2.05, 4.69) is 15.8 Å². The van der Waals surface area contributed by atoms with Crippen LogP contribution in [0.5, 0.6) is 0 Å². The third-order valence-corrected chi connectivity index (χ3v) is 2.76. The number of hydrogen-bond acceptors (Lipinski definition) is 4. The van der Waals surface area contributed by atoms with Gasteiger partial charge in [0.15, 0.2) is 0 Å². The molecular weight excluding hydrogens is 274 g/mol. The van der Waals surface area contributed by atoms with E-state index in [1.54, 1.807) is 25.1 Å². The molecule has 0 spiro atoms. The molecule has 3 N–H and O–H groups in total. The average Bonchev–Trinajstić information content (AvgIpc) is 2.47. The quantitative estimate of drug-likeness (QED) is 0.422. The number of nitrogens with one attached hydrogen (secondary N) is 2. The summed E-state index contributed by atoms with van der Waals surface area (Å²) < 4.78 is 0. The SMILES string of the molecule is CC[C@H](C)NC(=O)C(=O)N/N=C\c1ccccc1C(=O)O. The molecule has 0 radical (unpaired) electrons. The summed E-state index contributed by atoms with van der Waals surface area (Å²) in [6.45, 7) is 3.65. The van der Waals surface area contributed by atoms with Gasteiger partial charge in [-0.15, -0.1) is 0 Å². The highest BCUT2D eigenvalue weighted by Gasteiger charge is 2.14. The van der Waals surface area contributed by atoms with E-state index in [-0.39, 0.29) is 11.6 Å². The molecule has 1 atom stereocenters. The summed E-state index contributed by atoms with van der Waals surface area (Å²) in [5.74, 6) is -2.79. The molecule has 0 fully saturated rings. The van der Waals surface area contributed by atoms with Crippen LogP contribution in [0.3, 0.4) is 0 Å². The molecular formula is C14H17N3O4. The van der Waals surface area contributed by atoms with E-state index < -0.39 is 17.8 Å². The van der Waals surface area contributed by atoms with E-state index in [1.807, 2.05) is 6.92 Å². The minimum atomic E-state index is -1.10. The van der Waals surface area contributed by atoms with Crippen molar-refractivity contribution in [2.75, 3.05) is 0 Å². The summed E-state index contributed by atoms with van der Waals surface area (Å²) in [6.07, 6.45) is 1.88. The molecule has 0 saturated heterocycles. The highest BCUT2D eigenvalue weighted by molar-refractivity contribution is 6.35. The Morgan fingerprint density at radius 1 is 1.29 bits per heavy atom. The van der Waals surface area contributed by atoms with Crippen molar-refractivity contribution in [2.45, 2.75) is 26.3 Å². The van der Waals surface area contributed by atoms with Crippen LogP contribution in [0, 0.1) is 0 Å². The van der Waals surface area contributed by atoms with Crippen LogP contribution in [0.25, 0.3) is 0 Å². The van der Waals surface area contributed by atoms with Crippen molar-refractivity contribution in [1.82, 2.24) is 10.7 Å². The Balaban J connectivity index is 2.65. The van der Waals surface area contributed by atoms with Gasteiger partial charge in [-0.25, -0.2) is 10.2 Å². The highest BCUT2D eigenvalue weighted by Crippen LogP contribution is 2.05. The Kier molecular flexibility index (Phi) is 6.06. The van der Waals surface area contributed by atoms with Gasteiger partial charge < -0.3 is 10.4 Å². The number of amides is 2. The van der Waals surface area contributed by atoms with Gasteiger partial charge in [-0.1, -0.05) is 25.1 Å². The molecule has 1 aromatic carbocycles. The van der Waals surface area contributed by atoms with Gasteiger partial charge in [-0.05, 0) is 19.4 Å². The van der Waals surface area contributed by atoms with Gasteiger partial charge in [0.1, 0.15) is 0 Å². The van der Waals surface area contributed by atoms with E-state index in [0.29, 0.717) is 12.0 Å². The van der Waals surface area contributed by atoms with Crippen LogP contribution in [0.4, 0.5) is 0 Å². The zero-order chi connectivity index (χ0) is 15.8. The maximum Gasteiger partial charge on any atom is 0.336 e. The van der Waals surface area contributed by atoms with Gasteiger partial charge in [0.25, 0.3) is 0 Å². The van der Waals surface area contributed by atoms with Crippen LogP contribution in [-0.2, 0) is 9.59 Å². The third kappa shape index (κ3) is 5.06. The number of carboxylic acid groups (broad SMARTS) is 1. The predicted octanol–water partition coefficient (Wildman–Crippen LogP) is 0.750. The monoisotopic (exact) mass is 291 g/mol. The summed E-state index contributed by atoms with van der Waals surface area (Å²) >= 11 is 0. The lowest BCUT2D eigenvalue weighted by Crippen LogP contribution is -2.41. The summed E-state index contributed by atoms with van der Waals surface area (Å²) in [5, 5.41) is 15.1. The van der Waals surface area contributed by atoms with E-state index >= 15 is 0 Å². The summed E-state index contributed by atoms with van der Waals surface area (Å²) in [6, 6.07) is 6.07. The van der Waals surface area contributed by atoms with Crippen LogP contribution >= 0.6 is 0 Å². The number of carbonyl (C=O) groups excluding carboxylic acids is 2. The van der Waals surface area contributed by atoms with Gasteiger partial charge in [-0.2, -0.15) is 5.10 Å². The normalized spacial score (nSPS) is 11.9. The van der Waals surface area contributed by atoms with Gasteiger partial charge >= 0.3 is 17.8 Å². The molecule has 2 amide bonds. The lowest BCUT2D eigenvalue weighted by Gasteiger charge is -2.09. The van der Waals surface area contributed by atoms with Gasteiger partial charge in [0.05, 0.1) is 11.8 Å². The Morgan fingerprint density at radius 2 is 1.95 bits per heavy atom. The number of nitrogens with zero attached hydrogens (tertiary/aromatic N) is 1. The molecule has 0 aliphatic carbocycles. The van der Waals surface area contributed by atoms with E-state index in [9.17, 15) is 14.4 Å². The van der Waals surface area contributed by atoms with E-state index in [1.165, 1.54) is 12.3 Å². The second-order valence-electron chi connectivity index (χ2n) is 4.37. The topological polar surface area (TPSA) is 108 Å². The number of carbonyl (C=O) groups is 3. The third-order valence-electron chi connectivity index (χ3n) is 2.76. The molecule has 7 heteroatoms. The zero-order valence-electron chi connectivity index (χ0n) is 11.8. The molecule has 0 heterocycles. The largest absolute Gasteiger partial charge is 0.478 e. The molecule has 112 valence electrons. The maximum atomic E-state index is 11.5. The maximum absolute atomic E-state index is 11.5. The fraction of sp³-hybridized carbons (Fsp3) is 0.286. The van der Waals surface area contributed by atoms with Crippen LogP contribution in [0.2, 0.25) is 0 Å². The minimum absolute atomic E-state index is 0.0551. The van der Waals surface area contributed by atoms with Crippen molar-refractivity contribution in [3.63, 3.8) is 0 Å². The second-order valence-corrected chi connectivity index (χ2v) is 4.37. The lowest BCUT2D eigenvalue weighted by molar-refractivity contribution is -0.139. The Bertz CT molecular complexity index is 569.